The minimum atomic E-state index is 0.0503. The van der Waals surface area contributed by atoms with Gasteiger partial charge in [0.15, 0.2) is 0 Å². The minimum absolute atomic E-state index is 0.0503. The number of hydrogen-bond acceptors (Lipinski definition) is 3. The van der Waals surface area contributed by atoms with Crippen LogP contribution in [0.5, 0.6) is 0 Å². The number of benzene rings is 1. The zero-order valence-corrected chi connectivity index (χ0v) is 14.0. The minimum Gasteiger partial charge on any atom is -0.324 e. The Morgan fingerprint density at radius 1 is 1.33 bits per heavy atom. The molecule has 0 spiro atoms. The Morgan fingerprint density at radius 2 is 2.14 bits per heavy atom. The monoisotopic (exact) mass is 300 g/mol. The Morgan fingerprint density at radius 3 is 2.90 bits per heavy atom. The summed E-state index contributed by atoms with van der Waals surface area (Å²) in [5.41, 5.74) is 11.6. The first-order chi connectivity index (χ1) is 10.0. The number of hydrogen-bond donors (Lipinski definition) is 1. The first kappa shape index (κ1) is 14.7. The van der Waals surface area contributed by atoms with E-state index in [1.54, 1.807) is 0 Å². The van der Waals surface area contributed by atoms with Crippen LogP contribution in [0, 0.1) is 19.8 Å². The van der Waals surface area contributed by atoms with Crippen molar-refractivity contribution >= 4 is 11.3 Å². The van der Waals surface area contributed by atoms with E-state index >= 15 is 0 Å². The average Bonchev–Trinajstić information content (AvgIpc) is 2.83. The second kappa shape index (κ2) is 5.90. The molecular formula is C18H24N2S. The van der Waals surface area contributed by atoms with E-state index in [-0.39, 0.29) is 6.04 Å². The van der Waals surface area contributed by atoms with Crippen molar-refractivity contribution in [3.63, 3.8) is 0 Å². The van der Waals surface area contributed by atoms with E-state index < -0.39 is 0 Å². The number of fused-ring (bicyclic) bond motifs is 1. The van der Waals surface area contributed by atoms with Gasteiger partial charge in [-0.05, 0) is 55.7 Å². The highest BCUT2D eigenvalue weighted by Gasteiger charge is 2.20. The highest BCUT2D eigenvalue weighted by Crippen LogP contribution is 2.31. The Balaban J connectivity index is 1.75. The summed E-state index contributed by atoms with van der Waals surface area (Å²) in [5, 5.41) is 1.21. The Kier molecular flexibility index (Phi) is 4.14. The second-order valence-electron chi connectivity index (χ2n) is 6.48. The molecule has 1 aliphatic carbocycles. The standard InChI is InChI=1S/C18H24N2S/c1-11-4-7-16-17(8-11)21-18(20-16)10-15(19)14-6-5-12(2)13(3)9-14/h5-6,9,11,15H,4,7-8,10,19H2,1-3H3. The number of nitrogens with two attached hydrogens (primary N) is 1. The average molecular weight is 300 g/mol. The summed E-state index contributed by atoms with van der Waals surface area (Å²) in [5.74, 6) is 0.805. The van der Waals surface area contributed by atoms with Crippen LogP contribution in [0.3, 0.4) is 0 Å². The first-order valence-corrected chi connectivity index (χ1v) is 8.64. The number of aromatic nitrogens is 1. The van der Waals surface area contributed by atoms with Crippen molar-refractivity contribution in [3.8, 4) is 0 Å². The van der Waals surface area contributed by atoms with Gasteiger partial charge in [-0.1, -0.05) is 25.1 Å². The molecule has 2 aromatic rings. The van der Waals surface area contributed by atoms with Gasteiger partial charge in [0, 0.05) is 17.3 Å². The van der Waals surface area contributed by atoms with E-state index in [1.165, 1.54) is 45.1 Å². The van der Waals surface area contributed by atoms with Gasteiger partial charge in [0.1, 0.15) is 0 Å². The molecule has 1 aliphatic rings. The summed E-state index contributed by atoms with van der Waals surface area (Å²) in [6.07, 6.45) is 4.48. The second-order valence-corrected chi connectivity index (χ2v) is 7.65. The molecule has 1 aromatic heterocycles. The molecule has 2 unspecified atom stereocenters. The lowest BCUT2D eigenvalue weighted by atomic mass is 9.93. The zero-order chi connectivity index (χ0) is 15.0. The third-order valence-electron chi connectivity index (χ3n) is 4.58. The molecule has 0 saturated heterocycles. The zero-order valence-electron chi connectivity index (χ0n) is 13.1. The van der Waals surface area contributed by atoms with E-state index in [9.17, 15) is 0 Å². The molecule has 21 heavy (non-hydrogen) atoms. The van der Waals surface area contributed by atoms with Gasteiger partial charge in [-0.15, -0.1) is 11.3 Å². The fourth-order valence-corrected chi connectivity index (χ4v) is 4.32. The summed E-state index contributed by atoms with van der Waals surface area (Å²) in [4.78, 5) is 6.33. The predicted molar refractivity (Wildman–Crippen MR) is 89.9 cm³/mol. The van der Waals surface area contributed by atoms with Gasteiger partial charge in [-0.3, -0.25) is 0 Å². The Bertz CT molecular complexity index is 645. The van der Waals surface area contributed by atoms with Crippen molar-refractivity contribution < 1.29 is 0 Å². The Labute approximate surface area is 131 Å². The van der Waals surface area contributed by atoms with Crippen molar-refractivity contribution in [2.24, 2.45) is 11.7 Å². The highest BCUT2D eigenvalue weighted by molar-refractivity contribution is 7.11. The molecule has 112 valence electrons. The highest BCUT2D eigenvalue weighted by atomic mass is 32.1. The van der Waals surface area contributed by atoms with Crippen LogP contribution in [0.25, 0.3) is 0 Å². The van der Waals surface area contributed by atoms with E-state index in [2.05, 4.69) is 39.0 Å². The summed E-state index contributed by atoms with van der Waals surface area (Å²) in [6, 6.07) is 6.59. The van der Waals surface area contributed by atoms with E-state index in [4.69, 9.17) is 10.7 Å². The molecule has 1 aromatic carbocycles. The van der Waals surface area contributed by atoms with Crippen molar-refractivity contribution in [2.75, 3.05) is 0 Å². The maximum Gasteiger partial charge on any atom is 0.0950 e. The molecule has 2 atom stereocenters. The van der Waals surface area contributed by atoms with Crippen molar-refractivity contribution in [1.29, 1.82) is 0 Å². The third-order valence-corrected chi connectivity index (χ3v) is 5.73. The van der Waals surface area contributed by atoms with Gasteiger partial charge in [-0.25, -0.2) is 4.98 Å². The molecule has 3 rings (SSSR count). The quantitative estimate of drug-likeness (QED) is 0.925. The molecule has 3 heteroatoms. The van der Waals surface area contributed by atoms with Crippen molar-refractivity contribution in [2.45, 2.75) is 52.5 Å². The molecule has 0 saturated carbocycles. The molecule has 0 radical (unpaired) electrons. The van der Waals surface area contributed by atoms with E-state index in [1.807, 2.05) is 11.3 Å². The molecule has 0 fully saturated rings. The lowest BCUT2D eigenvalue weighted by Crippen LogP contribution is -2.13. The molecule has 2 N–H and O–H groups in total. The number of rotatable bonds is 3. The molecule has 2 nitrogen and oxygen atoms in total. The van der Waals surface area contributed by atoms with Gasteiger partial charge in [0.2, 0.25) is 0 Å². The van der Waals surface area contributed by atoms with Crippen LogP contribution in [-0.4, -0.2) is 4.98 Å². The van der Waals surface area contributed by atoms with Gasteiger partial charge in [0.25, 0.3) is 0 Å². The SMILES string of the molecule is Cc1ccc(C(N)Cc2nc3c(s2)CC(C)CC3)cc1C. The lowest BCUT2D eigenvalue weighted by Gasteiger charge is -2.15. The predicted octanol–water partition coefficient (Wildman–Crippen LogP) is 4.13. The van der Waals surface area contributed by atoms with Crippen LogP contribution in [0.2, 0.25) is 0 Å². The van der Waals surface area contributed by atoms with E-state index in [0.717, 1.165) is 18.8 Å². The molecule has 1 heterocycles. The van der Waals surface area contributed by atoms with Crippen LogP contribution < -0.4 is 5.73 Å². The van der Waals surface area contributed by atoms with E-state index in [0.29, 0.717) is 0 Å². The molecule has 0 amide bonds. The van der Waals surface area contributed by atoms with Gasteiger partial charge in [0.05, 0.1) is 10.7 Å². The summed E-state index contributed by atoms with van der Waals surface area (Å²) >= 11 is 1.88. The molecular weight excluding hydrogens is 276 g/mol. The third kappa shape index (κ3) is 3.19. The van der Waals surface area contributed by atoms with Gasteiger partial charge >= 0.3 is 0 Å². The normalized spacial score (nSPS) is 19.3. The van der Waals surface area contributed by atoms with Gasteiger partial charge < -0.3 is 5.73 Å². The van der Waals surface area contributed by atoms with Crippen LogP contribution in [0.15, 0.2) is 18.2 Å². The Hall–Kier alpha value is -1.19. The molecule has 0 bridgehead atoms. The van der Waals surface area contributed by atoms with Crippen LogP contribution in [0.1, 0.15) is 51.7 Å². The summed E-state index contributed by atoms with van der Waals surface area (Å²) in [7, 11) is 0. The number of nitrogens with zero attached hydrogens (tertiary/aromatic N) is 1. The first-order valence-electron chi connectivity index (χ1n) is 7.83. The maximum absolute atomic E-state index is 6.40. The fraction of sp³-hybridized carbons (Fsp3) is 0.500. The van der Waals surface area contributed by atoms with Crippen molar-refractivity contribution in [1.82, 2.24) is 4.98 Å². The summed E-state index contributed by atoms with van der Waals surface area (Å²) < 4.78 is 0. The van der Waals surface area contributed by atoms with Crippen LogP contribution >= 0.6 is 11.3 Å². The number of aryl methyl sites for hydroxylation is 3. The largest absolute Gasteiger partial charge is 0.324 e. The van der Waals surface area contributed by atoms with Gasteiger partial charge in [-0.2, -0.15) is 0 Å². The smallest absolute Gasteiger partial charge is 0.0950 e. The van der Waals surface area contributed by atoms with Crippen molar-refractivity contribution in [3.05, 3.63) is 50.5 Å². The lowest BCUT2D eigenvalue weighted by molar-refractivity contribution is 0.501. The fourth-order valence-electron chi connectivity index (χ4n) is 2.98. The van der Waals surface area contributed by atoms with Crippen LogP contribution in [-0.2, 0) is 19.3 Å². The topological polar surface area (TPSA) is 38.9 Å². The molecule has 0 aliphatic heterocycles. The summed E-state index contributed by atoms with van der Waals surface area (Å²) in [6.45, 7) is 6.62. The van der Waals surface area contributed by atoms with Crippen LogP contribution in [0.4, 0.5) is 0 Å². The number of thiazole rings is 1. The maximum atomic E-state index is 6.40.